The minimum Gasteiger partial charge on any atom is -0.493 e. The Kier molecular flexibility index (Phi) is 6.08. The highest BCUT2D eigenvalue weighted by Gasteiger charge is 2.15. The van der Waals surface area contributed by atoms with E-state index in [4.69, 9.17) is 14.5 Å². The van der Waals surface area contributed by atoms with Crippen LogP contribution in [-0.4, -0.2) is 31.7 Å². The zero-order chi connectivity index (χ0) is 19.2. The minimum atomic E-state index is -0.00501. The van der Waals surface area contributed by atoms with Gasteiger partial charge in [-0.1, -0.05) is 30.3 Å². The van der Waals surface area contributed by atoms with Gasteiger partial charge in [-0.05, 0) is 24.1 Å². The van der Waals surface area contributed by atoms with Crippen LogP contribution in [0, 0.1) is 0 Å². The van der Waals surface area contributed by atoms with Crippen molar-refractivity contribution in [3.05, 3.63) is 53.4 Å². The van der Waals surface area contributed by atoms with Gasteiger partial charge in [0.15, 0.2) is 11.5 Å². The average Bonchev–Trinajstić information content (AvgIpc) is 3.17. The van der Waals surface area contributed by atoms with Crippen LogP contribution in [-0.2, 0) is 11.2 Å². The van der Waals surface area contributed by atoms with Crippen molar-refractivity contribution in [2.24, 2.45) is 0 Å². The molecule has 6 heteroatoms. The minimum absolute atomic E-state index is 0.00501. The van der Waals surface area contributed by atoms with Gasteiger partial charge in [0.05, 0.1) is 25.5 Å². The number of rotatable bonds is 7. The number of thiazole rings is 1. The van der Waals surface area contributed by atoms with Crippen molar-refractivity contribution in [1.82, 2.24) is 10.3 Å². The molecule has 0 unspecified atom stereocenters. The van der Waals surface area contributed by atoms with Gasteiger partial charge < -0.3 is 14.8 Å². The second-order valence-electron chi connectivity index (χ2n) is 6.01. The van der Waals surface area contributed by atoms with E-state index in [1.165, 1.54) is 12.5 Å². The first-order chi connectivity index (χ1) is 13.1. The van der Waals surface area contributed by atoms with E-state index in [1.807, 2.05) is 23.6 Å². The molecule has 1 amide bonds. The number of benzene rings is 2. The Labute approximate surface area is 163 Å². The summed E-state index contributed by atoms with van der Waals surface area (Å²) in [4.78, 5) is 15.7. The summed E-state index contributed by atoms with van der Waals surface area (Å²) < 4.78 is 10.9. The third kappa shape index (κ3) is 4.46. The molecule has 1 aromatic heterocycles. The number of hydrogen-bond donors (Lipinski definition) is 1. The molecule has 0 fully saturated rings. The van der Waals surface area contributed by atoms with E-state index >= 15 is 0 Å². The molecule has 27 heavy (non-hydrogen) atoms. The molecule has 5 nitrogen and oxygen atoms in total. The summed E-state index contributed by atoms with van der Waals surface area (Å²) in [5.41, 5.74) is 4.08. The Bertz CT molecular complexity index is 919. The fourth-order valence-corrected chi connectivity index (χ4v) is 3.66. The summed E-state index contributed by atoms with van der Waals surface area (Å²) in [6.07, 6.45) is 0.809. The molecule has 0 saturated heterocycles. The number of carbonyl (C=O) groups excluding carboxylic acids is 1. The van der Waals surface area contributed by atoms with Crippen LogP contribution >= 0.6 is 11.3 Å². The van der Waals surface area contributed by atoms with Gasteiger partial charge in [0.2, 0.25) is 5.91 Å². The van der Waals surface area contributed by atoms with E-state index in [-0.39, 0.29) is 5.91 Å². The van der Waals surface area contributed by atoms with Crippen LogP contribution in [0.15, 0.2) is 47.8 Å². The second-order valence-corrected chi connectivity index (χ2v) is 6.87. The van der Waals surface area contributed by atoms with Gasteiger partial charge >= 0.3 is 0 Å². The van der Waals surface area contributed by atoms with E-state index < -0.39 is 0 Å². The molecular formula is C21H22N2O3S. The van der Waals surface area contributed by atoms with E-state index in [0.29, 0.717) is 18.0 Å². The van der Waals surface area contributed by atoms with Gasteiger partial charge in [-0.2, -0.15) is 0 Å². The molecule has 0 aliphatic rings. The average molecular weight is 382 g/mol. The molecule has 3 rings (SSSR count). The summed E-state index contributed by atoms with van der Waals surface area (Å²) in [5.74, 6) is 1.37. The molecule has 0 radical (unpaired) electrons. The van der Waals surface area contributed by atoms with Crippen molar-refractivity contribution in [3.63, 3.8) is 0 Å². The number of hydrogen-bond acceptors (Lipinski definition) is 5. The first-order valence-corrected chi connectivity index (χ1v) is 9.51. The second kappa shape index (κ2) is 8.68. The normalized spacial score (nSPS) is 10.5. The standard InChI is InChI=1S/C21H22N2O3S/c1-14(24)22-12-11-15-7-9-16(10-8-15)18-13-27-21(23-18)17-5-4-6-19(25-2)20(17)26-3/h4-10,13H,11-12H2,1-3H3,(H,22,24). The number of para-hydroxylation sites is 1. The number of carbonyl (C=O) groups is 1. The molecule has 1 N–H and O–H groups in total. The van der Waals surface area contributed by atoms with Crippen LogP contribution in [0.1, 0.15) is 12.5 Å². The highest BCUT2D eigenvalue weighted by Crippen LogP contribution is 2.40. The van der Waals surface area contributed by atoms with E-state index in [2.05, 4.69) is 29.6 Å². The lowest BCUT2D eigenvalue weighted by molar-refractivity contribution is -0.118. The quantitative estimate of drug-likeness (QED) is 0.666. The molecular weight excluding hydrogens is 360 g/mol. The summed E-state index contributed by atoms with van der Waals surface area (Å²) >= 11 is 1.57. The number of amides is 1. The van der Waals surface area contributed by atoms with Gasteiger partial charge in [0.1, 0.15) is 5.01 Å². The summed E-state index contributed by atoms with van der Waals surface area (Å²) in [6, 6.07) is 14.0. The van der Waals surface area contributed by atoms with Crippen molar-refractivity contribution in [2.75, 3.05) is 20.8 Å². The third-order valence-corrected chi connectivity index (χ3v) is 5.05. The van der Waals surface area contributed by atoms with Crippen molar-refractivity contribution in [3.8, 4) is 33.3 Å². The van der Waals surface area contributed by atoms with Crippen molar-refractivity contribution in [1.29, 1.82) is 0 Å². The number of nitrogens with one attached hydrogen (secondary N) is 1. The topological polar surface area (TPSA) is 60.5 Å². The van der Waals surface area contributed by atoms with Gasteiger partial charge in [0, 0.05) is 24.4 Å². The highest BCUT2D eigenvalue weighted by molar-refractivity contribution is 7.13. The van der Waals surface area contributed by atoms with Crippen molar-refractivity contribution < 1.29 is 14.3 Å². The lowest BCUT2D eigenvalue weighted by Gasteiger charge is -2.10. The lowest BCUT2D eigenvalue weighted by atomic mass is 10.1. The monoisotopic (exact) mass is 382 g/mol. The predicted molar refractivity (Wildman–Crippen MR) is 108 cm³/mol. The Morgan fingerprint density at radius 2 is 1.89 bits per heavy atom. The molecule has 0 aliphatic carbocycles. The number of nitrogens with zero attached hydrogens (tertiary/aromatic N) is 1. The smallest absolute Gasteiger partial charge is 0.216 e. The van der Waals surface area contributed by atoms with Gasteiger partial charge in [-0.3, -0.25) is 4.79 Å². The maximum atomic E-state index is 10.9. The summed E-state index contributed by atoms with van der Waals surface area (Å²) in [6.45, 7) is 2.17. The molecule has 1 heterocycles. The number of ether oxygens (including phenoxy) is 2. The SMILES string of the molecule is COc1cccc(-c2nc(-c3ccc(CCNC(C)=O)cc3)cs2)c1OC. The van der Waals surface area contributed by atoms with E-state index in [9.17, 15) is 4.79 Å². The summed E-state index contributed by atoms with van der Waals surface area (Å²) in [5, 5.41) is 5.74. The van der Waals surface area contributed by atoms with Crippen molar-refractivity contribution in [2.45, 2.75) is 13.3 Å². The molecule has 2 aromatic carbocycles. The van der Waals surface area contributed by atoms with Crippen LogP contribution in [0.4, 0.5) is 0 Å². The Balaban J connectivity index is 1.79. The van der Waals surface area contributed by atoms with Gasteiger partial charge in [0.25, 0.3) is 0 Å². The number of aromatic nitrogens is 1. The van der Waals surface area contributed by atoms with Crippen LogP contribution in [0.5, 0.6) is 11.5 Å². The van der Waals surface area contributed by atoms with Gasteiger partial charge in [-0.25, -0.2) is 4.98 Å². The molecule has 140 valence electrons. The molecule has 0 spiro atoms. The zero-order valence-electron chi connectivity index (χ0n) is 15.6. The van der Waals surface area contributed by atoms with Crippen LogP contribution < -0.4 is 14.8 Å². The molecule has 0 bridgehead atoms. The lowest BCUT2D eigenvalue weighted by Crippen LogP contribution is -2.22. The molecule has 0 atom stereocenters. The Hall–Kier alpha value is -2.86. The maximum Gasteiger partial charge on any atom is 0.216 e. The Morgan fingerprint density at radius 3 is 2.56 bits per heavy atom. The Morgan fingerprint density at radius 1 is 1.11 bits per heavy atom. The highest BCUT2D eigenvalue weighted by atomic mass is 32.1. The van der Waals surface area contributed by atoms with Crippen LogP contribution in [0.25, 0.3) is 21.8 Å². The van der Waals surface area contributed by atoms with Crippen LogP contribution in [0.3, 0.4) is 0 Å². The van der Waals surface area contributed by atoms with Gasteiger partial charge in [-0.15, -0.1) is 11.3 Å². The molecule has 3 aromatic rings. The van der Waals surface area contributed by atoms with Crippen molar-refractivity contribution >= 4 is 17.2 Å². The molecule has 0 aliphatic heterocycles. The summed E-state index contributed by atoms with van der Waals surface area (Å²) in [7, 11) is 3.26. The zero-order valence-corrected chi connectivity index (χ0v) is 16.4. The first kappa shape index (κ1) is 18.9. The third-order valence-electron chi connectivity index (χ3n) is 4.17. The predicted octanol–water partition coefficient (Wildman–Crippen LogP) is 4.17. The maximum absolute atomic E-state index is 10.9. The fraction of sp³-hybridized carbons (Fsp3) is 0.238. The van der Waals surface area contributed by atoms with Crippen LogP contribution in [0.2, 0.25) is 0 Å². The largest absolute Gasteiger partial charge is 0.493 e. The van der Waals surface area contributed by atoms with E-state index in [1.54, 1.807) is 25.6 Å². The number of methoxy groups -OCH3 is 2. The van der Waals surface area contributed by atoms with E-state index in [0.717, 1.165) is 28.2 Å². The first-order valence-electron chi connectivity index (χ1n) is 8.63. The molecule has 0 saturated carbocycles. The fourth-order valence-electron chi connectivity index (χ4n) is 2.81.